The molecule has 1 aromatic heterocycles. The lowest BCUT2D eigenvalue weighted by Crippen LogP contribution is -2.36. The summed E-state index contributed by atoms with van der Waals surface area (Å²) in [7, 11) is 1.61. The Bertz CT molecular complexity index is 1210. The molecular weight excluding hydrogens is 424 g/mol. The number of hydrogen-bond acceptors (Lipinski definition) is 5. The van der Waals surface area contributed by atoms with Gasteiger partial charge in [-0.25, -0.2) is 9.59 Å². The van der Waals surface area contributed by atoms with Crippen molar-refractivity contribution in [3.05, 3.63) is 71.4 Å². The van der Waals surface area contributed by atoms with Gasteiger partial charge in [0, 0.05) is 41.2 Å². The fraction of sp³-hybridized carbons (Fsp3) is 0.280. The molecule has 1 aliphatic heterocycles. The van der Waals surface area contributed by atoms with Crippen LogP contribution in [0.15, 0.2) is 60.2 Å². The molecule has 1 atom stereocenters. The summed E-state index contributed by atoms with van der Waals surface area (Å²) in [5, 5.41) is 23.1. The molecule has 0 radical (unpaired) electrons. The van der Waals surface area contributed by atoms with Gasteiger partial charge >= 0.3 is 11.9 Å². The molecule has 3 aromatic rings. The van der Waals surface area contributed by atoms with E-state index >= 15 is 0 Å². The summed E-state index contributed by atoms with van der Waals surface area (Å²) >= 11 is 0. The number of carbonyl (C=O) groups is 2. The van der Waals surface area contributed by atoms with E-state index in [-0.39, 0.29) is 5.57 Å². The van der Waals surface area contributed by atoms with Gasteiger partial charge in [-0.05, 0) is 36.7 Å². The second kappa shape index (κ2) is 9.79. The van der Waals surface area contributed by atoms with Crippen LogP contribution >= 0.6 is 0 Å². The largest absolute Gasteiger partial charge is 0.497 e. The average molecular weight is 450 g/mol. The third-order valence-corrected chi connectivity index (χ3v) is 5.88. The normalized spacial score (nSPS) is 16.2. The Kier molecular flexibility index (Phi) is 6.65. The summed E-state index contributed by atoms with van der Waals surface area (Å²) in [6.45, 7) is 1.52. The molecule has 8 nitrogen and oxygen atoms in total. The number of nitrogens with zero attached hydrogens (tertiary/aromatic N) is 1. The smallest absolute Gasteiger partial charge is 0.333 e. The summed E-state index contributed by atoms with van der Waals surface area (Å²) in [4.78, 5) is 23.0. The van der Waals surface area contributed by atoms with E-state index in [4.69, 9.17) is 14.6 Å². The molecule has 2 heterocycles. The topological polar surface area (TPSA) is 110 Å². The minimum Gasteiger partial charge on any atom is -0.497 e. The van der Waals surface area contributed by atoms with E-state index in [1.807, 2.05) is 42.5 Å². The molecule has 2 aromatic carbocycles. The summed E-state index contributed by atoms with van der Waals surface area (Å²) < 4.78 is 13.4. The fourth-order valence-corrected chi connectivity index (χ4v) is 4.44. The van der Waals surface area contributed by atoms with Gasteiger partial charge in [0.25, 0.3) is 0 Å². The highest BCUT2D eigenvalue weighted by Gasteiger charge is 2.28. The van der Waals surface area contributed by atoms with E-state index in [1.165, 1.54) is 0 Å². The Morgan fingerprint density at radius 1 is 1.15 bits per heavy atom. The van der Waals surface area contributed by atoms with Gasteiger partial charge in [0.2, 0.25) is 0 Å². The number of hydrogen-bond donors (Lipinski definition) is 3. The van der Waals surface area contributed by atoms with Crippen molar-refractivity contribution in [2.24, 2.45) is 0 Å². The van der Waals surface area contributed by atoms with Gasteiger partial charge in [-0.2, -0.15) is 0 Å². The molecule has 4 rings (SSSR count). The number of aliphatic carboxylic acids is 2. The minimum atomic E-state index is -1.27. The van der Waals surface area contributed by atoms with Crippen LogP contribution in [0, 0.1) is 0 Å². The van der Waals surface area contributed by atoms with Crippen molar-refractivity contribution in [2.45, 2.75) is 25.4 Å². The Hall–Kier alpha value is -3.78. The van der Waals surface area contributed by atoms with Crippen molar-refractivity contribution >= 4 is 22.8 Å². The van der Waals surface area contributed by atoms with Gasteiger partial charge in [0.1, 0.15) is 18.1 Å². The van der Waals surface area contributed by atoms with Crippen LogP contribution in [0.25, 0.3) is 10.9 Å². The number of carboxylic acid groups (broad SMARTS) is 2. The number of fused-ring (bicyclic) bond motifs is 3. The van der Waals surface area contributed by atoms with E-state index < -0.39 is 18.0 Å². The first-order valence-electron chi connectivity index (χ1n) is 10.7. The molecule has 0 aliphatic carbocycles. The number of para-hydroxylation sites is 1. The van der Waals surface area contributed by atoms with Crippen LogP contribution in [0.2, 0.25) is 0 Å². The molecule has 0 saturated carbocycles. The van der Waals surface area contributed by atoms with Crippen LogP contribution in [-0.4, -0.2) is 53.0 Å². The first kappa shape index (κ1) is 22.4. The number of ether oxygens (including phenoxy) is 2. The van der Waals surface area contributed by atoms with Crippen LogP contribution < -0.4 is 14.8 Å². The first-order valence-corrected chi connectivity index (χ1v) is 10.7. The van der Waals surface area contributed by atoms with Crippen molar-refractivity contribution in [2.75, 3.05) is 20.3 Å². The second-order valence-corrected chi connectivity index (χ2v) is 7.83. The molecule has 0 spiro atoms. The van der Waals surface area contributed by atoms with Gasteiger partial charge in [0.05, 0.1) is 19.2 Å². The lowest BCUT2D eigenvalue weighted by molar-refractivity contribution is -0.135. The maximum absolute atomic E-state index is 11.8. The van der Waals surface area contributed by atoms with Gasteiger partial charge in [0.15, 0.2) is 0 Å². The maximum atomic E-state index is 11.8. The van der Waals surface area contributed by atoms with E-state index in [1.54, 1.807) is 7.11 Å². The van der Waals surface area contributed by atoms with Gasteiger partial charge in [-0.1, -0.05) is 24.3 Å². The average Bonchev–Trinajstić information content (AvgIpc) is 2.94. The van der Waals surface area contributed by atoms with Crippen molar-refractivity contribution in [1.82, 2.24) is 9.88 Å². The fourth-order valence-electron chi connectivity index (χ4n) is 4.44. The Balaban J connectivity index is 1.65. The van der Waals surface area contributed by atoms with Crippen molar-refractivity contribution in [1.29, 1.82) is 0 Å². The quantitative estimate of drug-likeness (QED) is 0.453. The molecule has 3 N–H and O–H groups in total. The predicted molar refractivity (Wildman–Crippen MR) is 123 cm³/mol. The lowest BCUT2D eigenvalue weighted by atomic mass is 10.00. The second-order valence-electron chi connectivity index (χ2n) is 7.83. The predicted octanol–water partition coefficient (Wildman–Crippen LogP) is 2.88. The monoisotopic (exact) mass is 450 g/mol. The molecule has 172 valence electrons. The van der Waals surface area contributed by atoms with Crippen molar-refractivity contribution < 1.29 is 29.3 Å². The van der Waals surface area contributed by atoms with E-state index in [2.05, 4.69) is 16.0 Å². The zero-order chi connectivity index (χ0) is 23.4. The van der Waals surface area contributed by atoms with Crippen molar-refractivity contribution in [3.8, 4) is 11.5 Å². The molecule has 0 amide bonds. The van der Waals surface area contributed by atoms with Gasteiger partial charge in [-0.3, -0.25) is 0 Å². The van der Waals surface area contributed by atoms with Crippen molar-refractivity contribution in [3.63, 3.8) is 0 Å². The van der Waals surface area contributed by atoms with Crippen LogP contribution in [0.3, 0.4) is 0 Å². The molecule has 0 bridgehead atoms. The zero-order valence-electron chi connectivity index (χ0n) is 18.3. The Morgan fingerprint density at radius 3 is 2.70 bits per heavy atom. The highest BCUT2D eigenvalue weighted by atomic mass is 16.5. The van der Waals surface area contributed by atoms with Crippen LogP contribution in [0.1, 0.15) is 11.3 Å². The van der Waals surface area contributed by atoms with E-state index in [0.29, 0.717) is 37.6 Å². The number of rotatable bonds is 8. The van der Waals surface area contributed by atoms with Crippen LogP contribution in [-0.2, 0) is 29.0 Å². The highest BCUT2D eigenvalue weighted by Crippen LogP contribution is 2.30. The van der Waals surface area contributed by atoms with Gasteiger partial charge < -0.3 is 29.6 Å². The Labute approximate surface area is 191 Å². The molecule has 0 fully saturated rings. The number of carboxylic acids is 2. The third kappa shape index (κ3) is 4.85. The molecule has 1 unspecified atom stereocenters. The molecule has 1 aliphatic rings. The SMILES string of the molecule is COc1cccc(OCCn2c3c(c4ccccc42)CCNC(/C(=C/C(=O)O)C(=O)O)C3)c1. The maximum Gasteiger partial charge on any atom is 0.333 e. The van der Waals surface area contributed by atoms with E-state index in [9.17, 15) is 14.7 Å². The minimum absolute atomic E-state index is 0.153. The summed E-state index contributed by atoms with van der Waals surface area (Å²) in [5.74, 6) is -1.09. The number of methoxy groups -OCH3 is 1. The Morgan fingerprint density at radius 2 is 1.94 bits per heavy atom. The third-order valence-electron chi connectivity index (χ3n) is 5.88. The van der Waals surface area contributed by atoms with Crippen LogP contribution in [0.4, 0.5) is 0 Å². The molecular formula is C25H26N2O6. The highest BCUT2D eigenvalue weighted by molar-refractivity contribution is 5.96. The first-order chi connectivity index (χ1) is 16.0. The summed E-state index contributed by atoms with van der Waals surface area (Å²) in [6.07, 6.45) is 1.87. The molecule has 33 heavy (non-hydrogen) atoms. The zero-order valence-corrected chi connectivity index (χ0v) is 18.3. The number of nitrogens with one attached hydrogen (secondary N) is 1. The summed E-state index contributed by atoms with van der Waals surface area (Å²) in [6, 6.07) is 14.9. The lowest BCUT2D eigenvalue weighted by Gasteiger charge is -2.19. The van der Waals surface area contributed by atoms with Crippen LogP contribution in [0.5, 0.6) is 11.5 Å². The molecule has 0 saturated heterocycles. The summed E-state index contributed by atoms with van der Waals surface area (Å²) in [5.41, 5.74) is 3.05. The standard InChI is InChI=1S/C25H26N2O6/c1-32-16-5-4-6-17(13-16)33-12-11-27-22-8-3-2-7-18(22)19-9-10-26-21(15-23(19)27)20(25(30)31)14-24(28)29/h2-8,13-14,21,26H,9-12,15H2,1H3,(H,28,29)(H,30,31)/b20-14-. The van der Waals surface area contributed by atoms with Gasteiger partial charge in [-0.15, -0.1) is 0 Å². The number of benzene rings is 2. The van der Waals surface area contributed by atoms with E-state index in [0.717, 1.165) is 34.7 Å². The number of aromatic nitrogens is 1. The molecule has 8 heteroatoms.